The first kappa shape index (κ1) is 25.9. The van der Waals surface area contributed by atoms with Crippen molar-refractivity contribution in [3.05, 3.63) is 77.4 Å². The zero-order valence-electron chi connectivity index (χ0n) is 21.8. The molecule has 1 aliphatic rings. The third-order valence-corrected chi connectivity index (χ3v) is 7.81. The average Bonchev–Trinajstić information content (AvgIpc) is 3.35. The standard InChI is InChI=1S/C29H33N5O3S/c1-29(2,22-10-6-5-7-11-22)31-28(36)37-24-18-23-25(32-33-27(23)38-24)30-26(35)21-14-12-20(13-15-21)19-34-16-8-3-4-9-17-34/h5-7,10-15,18H,3-4,8-9,16-17,19H2,1-2H3,(H,31,36)(H2,30,32,33,35). The van der Waals surface area contributed by atoms with Crippen LogP contribution in [-0.2, 0) is 12.1 Å². The van der Waals surface area contributed by atoms with Crippen LogP contribution in [0.15, 0.2) is 60.7 Å². The smallest absolute Gasteiger partial charge is 0.399 e. The molecule has 0 atom stereocenters. The number of amides is 2. The number of carbonyl (C=O) groups excluding carboxylic acids is 2. The van der Waals surface area contributed by atoms with E-state index in [9.17, 15) is 9.59 Å². The summed E-state index contributed by atoms with van der Waals surface area (Å²) in [4.78, 5) is 28.7. The molecule has 9 heteroatoms. The molecule has 0 bridgehead atoms. The van der Waals surface area contributed by atoms with Crippen LogP contribution >= 0.6 is 11.3 Å². The highest BCUT2D eigenvalue weighted by Crippen LogP contribution is 2.35. The van der Waals surface area contributed by atoms with E-state index in [1.165, 1.54) is 42.6 Å². The van der Waals surface area contributed by atoms with Crippen molar-refractivity contribution in [3.8, 4) is 5.06 Å². The van der Waals surface area contributed by atoms with Crippen molar-refractivity contribution in [2.24, 2.45) is 0 Å². The van der Waals surface area contributed by atoms with Crippen LogP contribution in [0.25, 0.3) is 10.2 Å². The molecular weight excluding hydrogens is 498 g/mol. The van der Waals surface area contributed by atoms with Crippen LogP contribution in [0.2, 0.25) is 0 Å². The van der Waals surface area contributed by atoms with E-state index in [1.807, 2.05) is 68.4 Å². The quantitative estimate of drug-likeness (QED) is 0.261. The minimum atomic E-state index is -0.597. The molecule has 0 spiro atoms. The number of anilines is 1. The van der Waals surface area contributed by atoms with Gasteiger partial charge >= 0.3 is 6.09 Å². The van der Waals surface area contributed by atoms with Crippen molar-refractivity contribution in [2.75, 3.05) is 18.4 Å². The number of ether oxygens (including phenoxy) is 1. The van der Waals surface area contributed by atoms with Crippen LogP contribution in [0.5, 0.6) is 5.06 Å². The van der Waals surface area contributed by atoms with Crippen molar-refractivity contribution in [1.82, 2.24) is 20.4 Å². The summed E-state index contributed by atoms with van der Waals surface area (Å²) in [6.07, 6.45) is 4.58. The van der Waals surface area contributed by atoms with Crippen LogP contribution in [-0.4, -0.2) is 40.2 Å². The number of hydrogen-bond acceptors (Lipinski definition) is 6. The van der Waals surface area contributed by atoms with Crippen LogP contribution in [0.1, 0.15) is 61.0 Å². The monoisotopic (exact) mass is 531 g/mol. The predicted octanol–water partition coefficient (Wildman–Crippen LogP) is 6.28. The molecule has 0 radical (unpaired) electrons. The van der Waals surface area contributed by atoms with Crippen LogP contribution in [0.4, 0.5) is 10.6 Å². The normalized spacial score (nSPS) is 14.7. The van der Waals surface area contributed by atoms with Gasteiger partial charge in [0.1, 0.15) is 4.83 Å². The van der Waals surface area contributed by atoms with Gasteiger partial charge in [-0.3, -0.25) is 14.8 Å². The van der Waals surface area contributed by atoms with Crippen molar-refractivity contribution in [1.29, 1.82) is 0 Å². The van der Waals surface area contributed by atoms with Crippen molar-refractivity contribution < 1.29 is 14.3 Å². The largest absolute Gasteiger partial charge is 0.414 e. The number of likely N-dealkylation sites (tertiary alicyclic amines) is 1. The molecule has 0 aliphatic carbocycles. The van der Waals surface area contributed by atoms with Crippen LogP contribution < -0.4 is 15.4 Å². The van der Waals surface area contributed by atoms with Crippen molar-refractivity contribution in [2.45, 2.75) is 51.6 Å². The first-order valence-electron chi connectivity index (χ1n) is 13.0. The van der Waals surface area contributed by atoms with E-state index in [0.717, 1.165) is 25.2 Å². The molecule has 2 amide bonds. The van der Waals surface area contributed by atoms with E-state index in [1.54, 1.807) is 6.07 Å². The van der Waals surface area contributed by atoms with Crippen LogP contribution in [0, 0.1) is 0 Å². The molecule has 2 aromatic carbocycles. The van der Waals surface area contributed by atoms with Gasteiger partial charge in [-0.2, -0.15) is 5.10 Å². The number of nitrogens with zero attached hydrogens (tertiary/aromatic N) is 2. The molecule has 3 N–H and O–H groups in total. The minimum absolute atomic E-state index is 0.240. The number of hydrogen-bond donors (Lipinski definition) is 3. The van der Waals surface area contributed by atoms with E-state index in [-0.39, 0.29) is 5.91 Å². The molecular formula is C29H33N5O3S. The number of aromatic nitrogens is 2. The lowest BCUT2D eigenvalue weighted by Gasteiger charge is -2.26. The maximum absolute atomic E-state index is 12.9. The van der Waals surface area contributed by atoms with Gasteiger partial charge in [-0.05, 0) is 63.0 Å². The molecule has 198 valence electrons. The summed E-state index contributed by atoms with van der Waals surface area (Å²) in [5, 5.41) is 14.0. The van der Waals surface area contributed by atoms with Gasteiger partial charge < -0.3 is 15.4 Å². The number of carbonyl (C=O) groups is 2. The fourth-order valence-corrected chi connectivity index (χ4v) is 5.58. The summed E-state index contributed by atoms with van der Waals surface area (Å²) >= 11 is 1.25. The summed E-state index contributed by atoms with van der Waals surface area (Å²) in [5.74, 6) is 0.158. The molecule has 0 saturated carbocycles. The number of rotatable bonds is 7. The Hall–Kier alpha value is -3.69. The van der Waals surface area contributed by atoms with E-state index >= 15 is 0 Å². The summed E-state index contributed by atoms with van der Waals surface area (Å²) in [5.41, 5.74) is 2.15. The number of aromatic amines is 1. The van der Waals surface area contributed by atoms with Gasteiger partial charge in [-0.1, -0.05) is 66.6 Å². The van der Waals surface area contributed by atoms with Crippen molar-refractivity contribution >= 4 is 39.4 Å². The number of nitrogens with one attached hydrogen (secondary N) is 3. The summed E-state index contributed by atoms with van der Waals surface area (Å²) in [6.45, 7) is 7.02. The Morgan fingerprint density at radius 3 is 2.45 bits per heavy atom. The molecule has 3 heterocycles. The third kappa shape index (κ3) is 6.23. The molecule has 38 heavy (non-hydrogen) atoms. The van der Waals surface area contributed by atoms with Crippen LogP contribution in [0.3, 0.4) is 0 Å². The lowest BCUT2D eigenvalue weighted by Crippen LogP contribution is -2.42. The van der Waals surface area contributed by atoms with Gasteiger partial charge in [0.2, 0.25) is 0 Å². The van der Waals surface area contributed by atoms with E-state index in [2.05, 4.69) is 25.7 Å². The topological polar surface area (TPSA) is 99.3 Å². The molecule has 0 unspecified atom stereocenters. The zero-order valence-corrected chi connectivity index (χ0v) is 22.6. The summed E-state index contributed by atoms with van der Waals surface area (Å²) in [7, 11) is 0. The molecule has 2 aromatic heterocycles. The van der Waals surface area contributed by atoms with E-state index in [4.69, 9.17) is 4.74 Å². The van der Waals surface area contributed by atoms with Gasteiger partial charge in [0.15, 0.2) is 10.9 Å². The Balaban J connectivity index is 1.20. The number of thiophene rings is 1. The second-order valence-electron chi connectivity index (χ2n) is 10.2. The lowest BCUT2D eigenvalue weighted by molar-refractivity contribution is 0.102. The van der Waals surface area contributed by atoms with Gasteiger partial charge in [0, 0.05) is 18.2 Å². The number of benzene rings is 2. The number of fused-ring (bicyclic) bond motifs is 1. The van der Waals surface area contributed by atoms with Gasteiger partial charge in [-0.25, -0.2) is 4.79 Å². The van der Waals surface area contributed by atoms with Gasteiger partial charge in [-0.15, -0.1) is 0 Å². The summed E-state index contributed by atoms with van der Waals surface area (Å²) in [6, 6.07) is 19.2. The molecule has 1 saturated heterocycles. The maximum Gasteiger partial charge on any atom is 0.414 e. The highest BCUT2D eigenvalue weighted by molar-refractivity contribution is 7.20. The Kier molecular flexibility index (Phi) is 7.76. The van der Waals surface area contributed by atoms with Gasteiger partial charge in [0.05, 0.1) is 10.9 Å². The Bertz CT molecular complexity index is 1390. The maximum atomic E-state index is 12.9. The SMILES string of the molecule is CC(C)(NC(=O)Oc1cc2c(NC(=O)c3ccc(CN4CCCCCC4)cc3)n[nH]c2s1)c1ccccc1. The first-order chi connectivity index (χ1) is 18.4. The van der Waals surface area contributed by atoms with E-state index < -0.39 is 11.6 Å². The average molecular weight is 532 g/mol. The zero-order chi connectivity index (χ0) is 26.5. The van der Waals surface area contributed by atoms with E-state index in [0.29, 0.717) is 26.7 Å². The molecule has 4 aromatic rings. The highest BCUT2D eigenvalue weighted by Gasteiger charge is 2.24. The first-order valence-corrected chi connectivity index (χ1v) is 13.9. The third-order valence-electron chi connectivity index (χ3n) is 6.89. The molecule has 1 aliphatic heterocycles. The Morgan fingerprint density at radius 2 is 1.74 bits per heavy atom. The fourth-order valence-electron chi connectivity index (χ4n) is 4.73. The Morgan fingerprint density at radius 1 is 1.03 bits per heavy atom. The molecule has 5 rings (SSSR count). The minimum Gasteiger partial charge on any atom is -0.399 e. The lowest BCUT2D eigenvalue weighted by atomic mass is 9.95. The highest BCUT2D eigenvalue weighted by atomic mass is 32.1. The van der Waals surface area contributed by atoms with Gasteiger partial charge in [0.25, 0.3) is 5.91 Å². The van der Waals surface area contributed by atoms with Crippen molar-refractivity contribution in [3.63, 3.8) is 0 Å². The second-order valence-corrected chi connectivity index (χ2v) is 11.2. The molecule has 8 nitrogen and oxygen atoms in total. The second kappa shape index (κ2) is 11.4. The number of H-pyrrole nitrogens is 1. The molecule has 1 fully saturated rings. The fraction of sp³-hybridized carbons (Fsp3) is 0.345. The predicted molar refractivity (Wildman–Crippen MR) is 151 cm³/mol. The Labute approximate surface area is 226 Å². The summed E-state index contributed by atoms with van der Waals surface area (Å²) < 4.78 is 5.55.